The van der Waals surface area contributed by atoms with Crippen LogP contribution in [0.2, 0.25) is 0 Å². The zero-order valence-corrected chi connectivity index (χ0v) is 17.6. The molecule has 6 nitrogen and oxygen atoms in total. The van der Waals surface area contributed by atoms with Crippen LogP contribution in [0.4, 0.5) is 10.5 Å². The number of carbonyl (C=O) groups is 1. The van der Waals surface area contributed by atoms with E-state index in [-0.39, 0.29) is 6.03 Å². The fourth-order valence-corrected chi connectivity index (χ4v) is 3.72. The van der Waals surface area contributed by atoms with Crippen molar-refractivity contribution in [2.45, 2.75) is 25.8 Å². The molecular weight excluding hydrogens is 366 g/mol. The predicted molar refractivity (Wildman–Crippen MR) is 116 cm³/mol. The second-order valence-corrected chi connectivity index (χ2v) is 7.35. The van der Waals surface area contributed by atoms with Crippen molar-refractivity contribution < 1.29 is 14.3 Å². The van der Waals surface area contributed by atoms with E-state index in [1.54, 1.807) is 19.1 Å². The van der Waals surface area contributed by atoms with E-state index in [4.69, 9.17) is 9.47 Å². The van der Waals surface area contributed by atoms with Gasteiger partial charge in [-0.15, -0.1) is 0 Å². The van der Waals surface area contributed by atoms with Gasteiger partial charge < -0.3 is 24.6 Å². The number of nitrogens with zero attached hydrogens (tertiary/aromatic N) is 2. The number of rotatable bonds is 8. The van der Waals surface area contributed by atoms with Crippen molar-refractivity contribution in [1.82, 2.24) is 10.2 Å². The largest absolute Gasteiger partial charge is 0.493 e. The molecule has 2 amide bonds. The third kappa shape index (κ3) is 5.34. The molecule has 0 atom stereocenters. The van der Waals surface area contributed by atoms with Crippen LogP contribution in [-0.4, -0.2) is 51.8 Å². The lowest BCUT2D eigenvalue weighted by Gasteiger charge is -2.24. The third-order valence-corrected chi connectivity index (χ3v) is 5.33. The third-order valence-electron chi connectivity index (χ3n) is 5.33. The lowest BCUT2D eigenvalue weighted by atomic mass is 10.1. The van der Waals surface area contributed by atoms with Crippen LogP contribution in [0, 0.1) is 0 Å². The van der Waals surface area contributed by atoms with Gasteiger partial charge in [0.2, 0.25) is 0 Å². The zero-order chi connectivity index (χ0) is 20.6. The summed E-state index contributed by atoms with van der Waals surface area (Å²) in [5.74, 6) is 1.41. The molecule has 1 N–H and O–H groups in total. The molecule has 0 aromatic heterocycles. The number of para-hydroxylation sites is 1. The van der Waals surface area contributed by atoms with Crippen molar-refractivity contribution in [3.05, 3.63) is 53.6 Å². The van der Waals surface area contributed by atoms with Gasteiger partial charge in [-0.3, -0.25) is 0 Å². The van der Waals surface area contributed by atoms with Crippen LogP contribution >= 0.6 is 0 Å². The summed E-state index contributed by atoms with van der Waals surface area (Å²) in [6, 6.07) is 14.1. The first-order valence-electron chi connectivity index (χ1n) is 10.1. The summed E-state index contributed by atoms with van der Waals surface area (Å²) in [5.41, 5.74) is 3.52. The van der Waals surface area contributed by atoms with Gasteiger partial charge in [0.05, 0.1) is 14.2 Å². The molecule has 29 heavy (non-hydrogen) atoms. The fraction of sp³-hybridized carbons (Fsp3) is 0.435. The van der Waals surface area contributed by atoms with Crippen LogP contribution in [0.5, 0.6) is 11.5 Å². The molecule has 1 fully saturated rings. The van der Waals surface area contributed by atoms with Crippen LogP contribution in [0.25, 0.3) is 0 Å². The lowest BCUT2D eigenvalue weighted by Crippen LogP contribution is -2.38. The average molecular weight is 398 g/mol. The van der Waals surface area contributed by atoms with Gasteiger partial charge in [0, 0.05) is 38.9 Å². The minimum atomic E-state index is -0.0679. The summed E-state index contributed by atoms with van der Waals surface area (Å²) in [7, 11) is 5.08. The normalized spacial score (nSPS) is 13.3. The molecule has 2 aromatic rings. The summed E-state index contributed by atoms with van der Waals surface area (Å²) in [6.45, 7) is 3.35. The lowest BCUT2D eigenvalue weighted by molar-refractivity contribution is 0.207. The number of hydrogen-bond donors (Lipinski definition) is 1. The van der Waals surface area contributed by atoms with Gasteiger partial charge in [-0.25, -0.2) is 4.79 Å². The van der Waals surface area contributed by atoms with Crippen LogP contribution < -0.4 is 19.7 Å². The summed E-state index contributed by atoms with van der Waals surface area (Å²) < 4.78 is 10.6. The number of nitrogens with one attached hydrogen (secondary N) is 1. The molecule has 1 aliphatic heterocycles. The van der Waals surface area contributed by atoms with Crippen LogP contribution in [0.1, 0.15) is 24.0 Å². The van der Waals surface area contributed by atoms with E-state index in [9.17, 15) is 4.79 Å². The van der Waals surface area contributed by atoms with Gasteiger partial charge >= 0.3 is 6.03 Å². The molecule has 6 heteroatoms. The Bertz CT molecular complexity index is 819. The van der Waals surface area contributed by atoms with E-state index in [0.717, 1.165) is 25.1 Å². The molecule has 1 heterocycles. The topological polar surface area (TPSA) is 54.0 Å². The van der Waals surface area contributed by atoms with E-state index in [1.807, 2.05) is 31.3 Å². The highest BCUT2D eigenvalue weighted by Gasteiger charge is 2.17. The average Bonchev–Trinajstić information content (AvgIpc) is 3.28. The molecule has 0 unspecified atom stereocenters. The van der Waals surface area contributed by atoms with Gasteiger partial charge in [0.1, 0.15) is 0 Å². The Balaban J connectivity index is 1.53. The molecule has 1 saturated heterocycles. The van der Waals surface area contributed by atoms with Crippen molar-refractivity contribution in [2.24, 2.45) is 0 Å². The summed E-state index contributed by atoms with van der Waals surface area (Å²) in [5, 5.41) is 3.01. The maximum Gasteiger partial charge on any atom is 0.317 e. The Morgan fingerprint density at radius 2 is 1.79 bits per heavy atom. The standard InChI is InChI=1S/C23H31N3O3/c1-25(17-19-8-4-5-9-20(19)26-14-6-7-15-26)23(27)24-13-12-18-10-11-21(28-2)22(16-18)29-3/h4-5,8-11,16H,6-7,12-15,17H2,1-3H3,(H,24,27). The first-order valence-corrected chi connectivity index (χ1v) is 10.1. The first kappa shape index (κ1) is 20.8. The number of anilines is 1. The molecule has 0 bridgehead atoms. The van der Waals surface area contributed by atoms with Crippen molar-refractivity contribution >= 4 is 11.7 Å². The quantitative estimate of drug-likeness (QED) is 0.738. The van der Waals surface area contributed by atoms with Crippen molar-refractivity contribution in [2.75, 3.05) is 45.8 Å². The molecule has 0 saturated carbocycles. The predicted octanol–water partition coefficient (Wildman–Crippen LogP) is 3.69. The smallest absolute Gasteiger partial charge is 0.317 e. The zero-order valence-electron chi connectivity index (χ0n) is 17.6. The maximum atomic E-state index is 12.6. The maximum absolute atomic E-state index is 12.6. The number of benzene rings is 2. The van der Waals surface area contributed by atoms with E-state index in [2.05, 4.69) is 28.4 Å². The number of urea groups is 1. The second-order valence-electron chi connectivity index (χ2n) is 7.35. The van der Waals surface area contributed by atoms with Gasteiger partial charge in [-0.1, -0.05) is 24.3 Å². The van der Waals surface area contributed by atoms with E-state index < -0.39 is 0 Å². The Morgan fingerprint density at radius 1 is 1.07 bits per heavy atom. The number of amides is 2. The van der Waals surface area contributed by atoms with E-state index in [1.165, 1.54) is 24.1 Å². The molecule has 3 rings (SSSR count). The molecular formula is C23H31N3O3. The molecule has 0 aliphatic carbocycles. The number of hydrogen-bond acceptors (Lipinski definition) is 4. The van der Waals surface area contributed by atoms with Crippen molar-refractivity contribution in [3.63, 3.8) is 0 Å². The summed E-state index contributed by atoms with van der Waals surface area (Å²) in [4.78, 5) is 16.7. The van der Waals surface area contributed by atoms with E-state index in [0.29, 0.717) is 24.6 Å². The highest BCUT2D eigenvalue weighted by Crippen LogP contribution is 2.28. The molecule has 0 radical (unpaired) electrons. The highest BCUT2D eigenvalue weighted by molar-refractivity contribution is 5.74. The minimum Gasteiger partial charge on any atom is -0.493 e. The molecule has 156 valence electrons. The highest BCUT2D eigenvalue weighted by atomic mass is 16.5. The first-order chi connectivity index (χ1) is 14.1. The number of methoxy groups -OCH3 is 2. The Kier molecular flexibility index (Phi) is 7.22. The number of ether oxygens (including phenoxy) is 2. The van der Waals surface area contributed by atoms with Crippen molar-refractivity contribution in [1.29, 1.82) is 0 Å². The Morgan fingerprint density at radius 3 is 2.52 bits per heavy atom. The van der Waals surface area contributed by atoms with Gasteiger partial charge in [0.25, 0.3) is 0 Å². The monoisotopic (exact) mass is 397 g/mol. The summed E-state index contributed by atoms with van der Waals surface area (Å²) in [6.07, 6.45) is 3.20. The Labute approximate surface area is 173 Å². The summed E-state index contributed by atoms with van der Waals surface area (Å²) >= 11 is 0. The van der Waals surface area contributed by atoms with Crippen molar-refractivity contribution in [3.8, 4) is 11.5 Å². The van der Waals surface area contributed by atoms with Crippen LogP contribution in [0.15, 0.2) is 42.5 Å². The van der Waals surface area contributed by atoms with Crippen LogP contribution in [-0.2, 0) is 13.0 Å². The van der Waals surface area contributed by atoms with Gasteiger partial charge in [0.15, 0.2) is 11.5 Å². The second kappa shape index (κ2) is 10.0. The molecule has 0 spiro atoms. The SMILES string of the molecule is COc1ccc(CCNC(=O)N(C)Cc2ccccc2N2CCCC2)cc1OC. The number of carbonyl (C=O) groups excluding carboxylic acids is 1. The molecule has 1 aliphatic rings. The Hall–Kier alpha value is -2.89. The molecule has 2 aromatic carbocycles. The van der Waals surface area contributed by atoms with Crippen LogP contribution in [0.3, 0.4) is 0 Å². The van der Waals surface area contributed by atoms with Gasteiger partial charge in [-0.05, 0) is 48.6 Å². The fourth-order valence-electron chi connectivity index (χ4n) is 3.72. The van der Waals surface area contributed by atoms with E-state index >= 15 is 0 Å². The minimum absolute atomic E-state index is 0.0679. The van der Waals surface area contributed by atoms with Gasteiger partial charge in [-0.2, -0.15) is 0 Å².